The number of anilines is 1. The van der Waals surface area contributed by atoms with Crippen molar-refractivity contribution in [3.8, 4) is 5.69 Å². The van der Waals surface area contributed by atoms with Gasteiger partial charge in [0.15, 0.2) is 0 Å². The van der Waals surface area contributed by atoms with Crippen molar-refractivity contribution in [3.05, 3.63) is 132 Å². The number of carbonyl (C=O) groups excluding carboxylic acids is 2. The van der Waals surface area contributed by atoms with Crippen LogP contribution in [0.3, 0.4) is 0 Å². The predicted molar refractivity (Wildman–Crippen MR) is 170 cm³/mol. The van der Waals surface area contributed by atoms with Crippen molar-refractivity contribution in [2.45, 2.75) is 6.54 Å². The van der Waals surface area contributed by atoms with Crippen molar-refractivity contribution in [3.63, 3.8) is 0 Å². The summed E-state index contributed by atoms with van der Waals surface area (Å²) in [5.41, 5.74) is 6.68. The van der Waals surface area contributed by atoms with E-state index in [0.29, 0.717) is 23.4 Å². The number of benzene rings is 4. The topological polar surface area (TPSA) is 106 Å². The molecule has 4 N–H and O–H groups in total. The zero-order chi connectivity index (χ0) is 29.3. The molecular formula is C35H29N5O3. The zero-order valence-electron chi connectivity index (χ0n) is 23.2. The van der Waals surface area contributed by atoms with Gasteiger partial charge >= 0.3 is 0 Å². The van der Waals surface area contributed by atoms with Gasteiger partial charge in [-0.1, -0.05) is 18.2 Å². The number of rotatable bonds is 8. The summed E-state index contributed by atoms with van der Waals surface area (Å²) in [4.78, 5) is 34.4. The van der Waals surface area contributed by atoms with Crippen molar-refractivity contribution >= 4 is 50.2 Å². The van der Waals surface area contributed by atoms with E-state index in [4.69, 9.17) is 0 Å². The van der Waals surface area contributed by atoms with Gasteiger partial charge in [0, 0.05) is 68.9 Å². The highest BCUT2D eigenvalue weighted by Crippen LogP contribution is 2.27. The van der Waals surface area contributed by atoms with Crippen molar-refractivity contribution < 1.29 is 14.7 Å². The molecule has 0 spiro atoms. The van der Waals surface area contributed by atoms with Gasteiger partial charge in [0.25, 0.3) is 11.8 Å². The molecule has 7 rings (SSSR count). The van der Waals surface area contributed by atoms with Gasteiger partial charge < -0.3 is 29.9 Å². The first-order valence-corrected chi connectivity index (χ1v) is 14.1. The second kappa shape index (κ2) is 11.0. The van der Waals surface area contributed by atoms with Crippen LogP contribution in [0, 0.1) is 0 Å². The van der Waals surface area contributed by atoms with E-state index in [0.717, 1.165) is 44.1 Å². The summed E-state index contributed by atoms with van der Waals surface area (Å²) in [5, 5.41) is 15.8. The Kier molecular flexibility index (Phi) is 6.73. The third-order valence-corrected chi connectivity index (χ3v) is 7.79. The van der Waals surface area contributed by atoms with E-state index in [1.165, 1.54) is 0 Å². The molecule has 0 aliphatic carbocycles. The number of amides is 2. The van der Waals surface area contributed by atoms with Crippen molar-refractivity contribution in [2.75, 3.05) is 18.1 Å². The number of aliphatic hydroxyl groups is 1. The molecule has 212 valence electrons. The Morgan fingerprint density at radius 2 is 1.60 bits per heavy atom. The number of fused-ring (bicyclic) bond motifs is 3. The van der Waals surface area contributed by atoms with Gasteiger partial charge in [-0.25, -0.2) is 0 Å². The number of carbonyl (C=O) groups is 2. The van der Waals surface area contributed by atoms with Crippen molar-refractivity contribution in [2.24, 2.45) is 0 Å². The number of para-hydroxylation sites is 1. The van der Waals surface area contributed by atoms with Gasteiger partial charge in [0.05, 0.1) is 18.7 Å². The number of hydrogen-bond acceptors (Lipinski definition) is 3. The molecule has 3 aromatic heterocycles. The molecule has 0 bridgehead atoms. The van der Waals surface area contributed by atoms with E-state index in [2.05, 4.69) is 15.3 Å². The molecule has 3 heterocycles. The molecular weight excluding hydrogens is 538 g/mol. The molecule has 43 heavy (non-hydrogen) atoms. The molecule has 7 aromatic rings. The molecule has 0 atom stereocenters. The summed E-state index contributed by atoms with van der Waals surface area (Å²) in [6.45, 7) is 0.440. The fourth-order valence-electron chi connectivity index (χ4n) is 5.59. The average Bonchev–Trinajstić information content (AvgIpc) is 3.79. The molecule has 0 aliphatic rings. The third kappa shape index (κ3) is 5.05. The summed E-state index contributed by atoms with van der Waals surface area (Å²) in [6.07, 6.45) is 3.81. The van der Waals surface area contributed by atoms with Crippen molar-refractivity contribution in [1.82, 2.24) is 19.9 Å². The van der Waals surface area contributed by atoms with Crippen LogP contribution >= 0.6 is 0 Å². The Labute approximate surface area is 247 Å². The van der Waals surface area contributed by atoms with Gasteiger partial charge in [-0.05, 0) is 90.3 Å². The minimum atomic E-state index is -0.172. The van der Waals surface area contributed by atoms with E-state index >= 15 is 0 Å². The van der Waals surface area contributed by atoms with Crippen LogP contribution in [0.2, 0.25) is 0 Å². The van der Waals surface area contributed by atoms with Crippen LogP contribution in [0.25, 0.3) is 38.4 Å². The molecule has 2 amide bonds. The first-order chi connectivity index (χ1) is 21.1. The van der Waals surface area contributed by atoms with E-state index in [9.17, 15) is 14.7 Å². The largest absolute Gasteiger partial charge is 0.395 e. The van der Waals surface area contributed by atoms with E-state index in [1.807, 2.05) is 114 Å². The standard InChI is InChI=1S/C35H29N5O3/c41-18-17-40(35(43)27-7-11-31-25(19-27)13-15-36-31)30-10-12-33-26(21-30)14-16-39(33)29-8-5-23(6-9-29)34(42)37-22-28-20-24-3-1-2-4-32(24)38-28/h1-16,19-21,36,38,41H,17-18,22H2,(H,37,42). The highest BCUT2D eigenvalue weighted by Gasteiger charge is 2.19. The average molecular weight is 568 g/mol. The lowest BCUT2D eigenvalue weighted by Gasteiger charge is -2.22. The Bertz CT molecular complexity index is 2070. The van der Waals surface area contributed by atoms with E-state index in [-0.39, 0.29) is 25.0 Å². The summed E-state index contributed by atoms with van der Waals surface area (Å²) >= 11 is 0. The maximum atomic E-state index is 13.5. The van der Waals surface area contributed by atoms with Crippen LogP contribution < -0.4 is 10.2 Å². The molecule has 8 nitrogen and oxygen atoms in total. The van der Waals surface area contributed by atoms with Crippen LogP contribution in [-0.4, -0.2) is 44.6 Å². The van der Waals surface area contributed by atoms with Crippen LogP contribution in [0.4, 0.5) is 5.69 Å². The summed E-state index contributed by atoms with van der Waals surface area (Å²) in [5.74, 6) is -0.314. The quantitative estimate of drug-likeness (QED) is 0.177. The summed E-state index contributed by atoms with van der Waals surface area (Å²) in [6, 6.07) is 32.8. The van der Waals surface area contributed by atoms with Gasteiger partial charge in [-0.2, -0.15) is 0 Å². The first kappa shape index (κ1) is 26.3. The molecule has 0 saturated heterocycles. The minimum Gasteiger partial charge on any atom is -0.395 e. The minimum absolute atomic E-state index is 0.142. The SMILES string of the molecule is O=C(NCc1cc2ccccc2[nH]1)c1ccc(-n2ccc3cc(N(CCO)C(=O)c4ccc5[nH]ccc5c4)ccc32)cc1. The fourth-order valence-corrected chi connectivity index (χ4v) is 5.59. The molecule has 0 aliphatic heterocycles. The lowest BCUT2D eigenvalue weighted by Crippen LogP contribution is -2.33. The second-order valence-electron chi connectivity index (χ2n) is 10.5. The maximum Gasteiger partial charge on any atom is 0.258 e. The molecule has 0 unspecified atom stereocenters. The Morgan fingerprint density at radius 1 is 0.791 bits per heavy atom. The van der Waals surface area contributed by atoms with Gasteiger partial charge in [-0.15, -0.1) is 0 Å². The predicted octanol–water partition coefficient (Wildman–Crippen LogP) is 6.16. The van der Waals surface area contributed by atoms with Crippen LogP contribution in [0.5, 0.6) is 0 Å². The number of aliphatic hydroxyl groups excluding tert-OH is 1. The first-order valence-electron chi connectivity index (χ1n) is 14.1. The Balaban J connectivity index is 1.08. The number of aromatic amines is 2. The molecule has 4 aromatic carbocycles. The lowest BCUT2D eigenvalue weighted by atomic mass is 10.1. The third-order valence-electron chi connectivity index (χ3n) is 7.79. The maximum absolute atomic E-state index is 13.5. The number of aromatic nitrogens is 3. The van der Waals surface area contributed by atoms with Crippen LogP contribution in [0.15, 0.2) is 116 Å². The number of hydrogen-bond donors (Lipinski definition) is 4. The summed E-state index contributed by atoms with van der Waals surface area (Å²) in [7, 11) is 0. The number of nitrogens with one attached hydrogen (secondary N) is 3. The molecule has 0 radical (unpaired) electrons. The smallest absolute Gasteiger partial charge is 0.258 e. The number of H-pyrrole nitrogens is 2. The number of nitrogens with zero attached hydrogens (tertiary/aromatic N) is 2. The van der Waals surface area contributed by atoms with Crippen LogP contribution in [0.1, 0.15) is 26.4 Å². The second-order valence-corrected chi connectivity index (χ2v) is 10.5. The van der Waals surface area contributed by atoms with Gasteiger partial charge in [-0.3, -0.25) is 9.59 Å². The molecule has 0 fully saturated rings. The fraction of sp³-hybridized carbons (Fsp3) is 0.0857. The molecule has 0 saturated carbocycles. The van der Waals surface area contributed by atoms with E-state index < -0.39 is 0 Å². The summed E-state index contributed by atoms with van der Waals surface area (Å²) < 4.78 is 2.04. The van der Waals surface area contributed by atoms with E-state index in [1.54, 1.807) is 11.0 Å². The zero-order valence-corrected chi connectivity index (χ0v) is 23.2. The Hall–Kier alpha value is -5.60. The normalized spacial score (nSPS) is 11.4. The highest BCUT2D eigenvalue weighted by atomic mass is 16.3. The van der Waals surface area contributed by atoms with Crippen molar-refractivity contribution in [1.29, 1.82) is 0 Å². The van der Waals surface area contributed by atoms with Gasteiger partial charge in [0.2, 0.25) is 0 Å². The lowest BCUT2D eigenvalue weighted by molar-refractivity contribution is 0.0948. The molecule has 8 heteroatoms. The van der Waals surface area contributed by atoms with Crippen LogP contribution in [-0.2, 0) is 6.54 Å². The Morgan fingerprint density at radius 3 is 2.44 bits per heavy atom. The van der Waals surface area contributed by atoms with Gasteiger partial charge in [0.1, 0.15) is 0 Å². The monoisotopic (exact) mass is 567 g/mol. The highest BCUT2D eigenvalue weighted by molar-refractivity contribution is 6.08.